The highest BCUT2D eigenvalue weighted by atomic mass is 79.9. The minimum atomic E-state index is -0.617. The Morgan fingerprint density at radius 1 is 1.32 bits per heavy atom. The average molecular weight is 330 g/mol. The molecule has 1 aromatic carbocycles. The molecule has 1 N–H and O–H groups in total. The van der Waals surface area contributed by atoms with Crippen molar-refractivity contribution in [1.29, 1.82) is 0 Å². The molecule has 0 amide bonds. The standard InChI is InChI=1S/C13H14BrF2N3/c1-3-12-8(7-19(2)18-12)6-17-13-10(15)4-9(14)5-11(13)16/h4-5,7,17H,3,6H2,1-2H3. The van der Waals surface area contributed by atoms with Crippen LogP contribution >= 0.6 is 15.9 Å². The molecule has 1 aromatic heterocycles. The molecule has 102 valence electrons. The maximum atomic E-state index is 13.6. The molecule has 0 aliphatic heterocycles. The monoisotopic (exact) mass is 329 g/mol. The van der Waals surface area contributed by atoms with Crippen LogP contribution in [0.3, 0.4) is 0 Å². The minimum Gasteiger partial charge on any atom is -0.376 e. The first-order valence-electron chi connectivity index (χ1n) is 5.91. The Bertz CT molecular complexity index is 573. The van der Waals surface area contributed by atoms with Crippen molar-refractivity contribution >= 4 is 21.6 Å². The van der Waals surface area contributed by atoms with Gasteiger partial charge in [0.2, 0.25) is 0 Å². The second-order valence-electron chi connectivity index (χ2n) is 4.23. The van der Waals surface area contributed by atoms with Crippen LogP contribution in [0.1, 0.15) is 18.2 Å². The van der Waals surface area contributed by atoms with E-state index in [2.05, 4.69) is 26.3 Å². The molecule has 0 aliphatic rings. The van der Waals surface area contributed by atoms with Crippen LogP contribution in [0, 0.1) is 11.6 Å². The fourth-order valence-electron chi connectivity index (χ4n) is 1.92. The van der Waals surface area contributed by atoms with Crippen molar-refractivity contribution in [3.8, 4) is 0 Å². The number of hydrogen-bond donors (Lipinski definition) is 1. The Hall–Kier alpha value is -1.43. The summed E-state index contributed by atoms with van der Waals surface area (Å²) in [6.07, 6.45) is 2.63. The maximum absolute atomic E-state index is 13.6. The molecule has 6 heteroatoms. The van der Waals surface area contributed by atoms with Gasteiger partial charge < -0.3 is 5.32 Å². The first-order valence-corrected chi connectivity index (χ1v) is 6.70. The maximum Gasteiger partial charge on any atom is 0.150 e. The fraction of sp³-hybridized carbons (Fsp3) is 0.308. The Kier molecular flexibility index (Phi) is 4.19. The zero-order valence-electron chi connectivity index (χ0n) is 10.7. The Morgan fingerprint density at radius 2 is 1.95 bits per heavy atom. The third-order valence-corrected chi connectivity index (χ3v) is 3.25. The molecule has 3 nitrogen and oxygen atoms in total. The molecule has 2 rings (SSSR count). The lowest BCUT2D eigenvalue weighted by Gasteiger charge is -2.09. The Morgan fingerprint density at radius 3 is 2.53 bits per heavy atom. The van der Waals surface area contributed by atoms with Crippen LogP contribution in [-0.2, 0) is 20.0 Å². The summed E-state index contributed by atoms with van der Waals surface area (Å²) in [7, 11) is 1.82. The lowest BCUT2D eigenvalue weighted by Crippen LogP contribution is -2.05. The molecular weight excluding hydrogens is 316 g/mol. The number of aromatic nitrogens is 2. The third-order valence-electron chi connectivity index (χ3n) is 2.79. The lowest BCUT2D eigenvalue weighted by molar-refractivity contribution is 0.586. The van der Waals surface area contributed by atoms with Crippen LogP contribution in [0.15, 0.2) is 22.8 Å². The molecule has 0 atom stereocenters. The van der Waals surface area contributed by atoms with E-state index in [9.17, 15) is 8.78 Å². The van der Waals surface area contributed by atoms with Gasteiger partial charge in [0.05, 0.1) is 5.69 Å². The van der Waals surface area contributed by atoms with Gasteiger partial charge in [-0.15, -0.1) is 0 Å². The number of benzene rings is 1. The molecule has 0 radical (unpaired) electrons. The van der Waals surface area contributed by atoms with Gasteiger partial charge in [0.25, 0.3) is 0 Å². The summed E-state index contributed by atoms with van der Waals surface area (Å²) in [6.45, 7) is 2.33. The van der Waals surface area contributed by atoms with E-state index < -0.39 is 11.6 Å². The van der Waals surface area contributed by atoms with Gasteiger partial charge in [-0.2, -0.15) is 5.10 Å². The smallest absolute Gasteiger partial charge is 0.150 e. The van der Waals surface area contributed by atoms with Crippen molar-refractivity contribution < 1.29 is 8.78 Å². The molecule has 0 unspecified atom stereocenters. The predicted octanol–water partition coefficient (Wildman–Crippen LogP) is 3.64. The van der Waals surface area contributed by atoms with Gasteiger partial charge in [0.1, 0.15) is 17.3 Å². The first kappa shape index (κ1) is 14.0. The molecule has 0 spiro atoms. The summed E-state index contributed by atoms with van der Waals surface area (Å²) in [6, 6.07) is 2.46. The SMILES string of the molecule is CCc1nn(C)cc1CNc1c(F)cc(Br)cc1F. The fourth-order valence-corrected chi connectivity index (χ4v) is 2.33. The molecule has 1 heterocycles. The Labute approximate surface area is 118 Å². The number of anilines is 1. The van der Waals surface area contributed by atoms with Crippen molar-refractivity contribution in [2.45, 2.75) is 19.9 Å². The van der Waals surface area contributed by atoms with Gasteiger partial charge >= 0.3 is 0 Å². The highest BCUT2D eigenvalue weighted by Gasteiger charge is 2.12. The molecule has 19 heavy (non-hydrogen) atoms. The Balaban J connectivity index is 2.19. The van der Waals surface area contributed by atoms with Crippen molar-refractivity contribution in [1.82, 2.24) is 9.78 Å². The molecule has 2 aromatic rings. The van der Waals surface area contributed by atoms with Gasteiger partial charge in [0, 0.05) is 29.8 Å². The number of nitrogens with zero attached hydrogens (tertiary/aromatic N) is 2. The molecular formula is C13H14BrF2N3. The molecule has 0 fully saturated rings. The summed E-state index contributed by atoms with van der Waals surface area (Å²) in [5.41, 5.74) is 1.74. The predicted molar refractivity (Wildman–Crippen MR) is 74.0 cm³/mol. The highest BCUT2D eigenvalue weighted by molar-refractivity contribution is 9.10. The van der Waals surface area contributed by atoms with Crippen LogP contribution < -0.4 is 5.32 Å². The van der Waals surface area contributed by atoms with Crippen LogP contribution in [0.4, 0.5) is 14.5 Å². The summed E-state index contributed by atoms with van der Waals surface area (Å²) < 4.78 is 29.4. The number of halogens is 3. The van der Waals surface area contributed by atoms with Gasteiger partial charge in [-0.25, -0.2) is 8.78 Å². The molecule has 0 aliphatic carbocycles. The number of hydrogen-bond acceptors (Lipinski definition) is 2. The second kappa shape index (κ2) is 5.69. The number of nitrogens with one attached hydrogen (secondary N) is 1. The van der Waals surface area contributed by atoms with Gasteiger partial charge in [0.15, 0.2) is 0 Å². The van der Waals surface area contributed by atoms with Crippen molar-refractivity contribution in [2.24, 2.45) is 7.05 Å². The van der Waals surface area contributed by atoms with Gasteiger partial charge in [-0.1, -0.05) is 22.9 Å². The third kappa shape index (κ3) is 3.12. The normalized spacial score (nSPS) is 10.8. The van der Waals surface area contributed by atoms with E-state index in [-0.39, 0.29) is 5.69 Å². The number of rotatable bonds is 4. The summed E-state index contributed by atoms with van der Waals surface area (Å²) in [4.78, 5) is 0. The van der Waals surface area contributed by atoms with E-state index in [1.54, 1.807) is 4.68 Å². The summed E-state index contributed by atoms with van der Waals surface area (Å²) >= 11 is 3.05. The van der Waals surface area contributed by atoms with E-state index in [4.69, 9.17) is 0 Å². The van der Waals surface area contributed by atoms with Crippen LogP contribution in [0.5, 0.6) is 0 Å². The van der Waals surface area contributed by atoms with Crippen LogP contribution in [0.2, 0.25) is 0 Å². The second-order valence-corrected chi connectivity index (χ2v) is 5.14. The highest BCUT2D eigenvalue weighted by Crippen LogP contribution is 2.24. The minimum absolute atomic E-state index is 0.117. The first-order chi connectivity index (χ1) is 9.01. The van der Waals surface area contributed by atoms with Crippen molar-refractivity contribution in [3.05, 3.63) is 45.7 Å². The van der Waals surface area contributed by atoms with Gasteiger partial charge in [-0.05, 0) is 18.6 Å². The average Bonchev–Trinajstić information content (AvgIpc) is 2.68. The van der Waals surface area contributed by atoms with Crippen LogP contribution in [0.25, 0.3) is 0 Å². The molecule has 0 saturated carbocycles. The zero-order valence-corrected chi connectivity index (χ0v) is 12.3. The van der Waals surface area contributed by atoms with Crippen LogP contribution in [-0.4, -0.2) is 9.78 Å². The van der Waals surface area contributed by atoms with E-state index in [0.717, 1.165) is 17.7 Å². The largest absolute Gasteiger partial charge is 0.376 e. The van der Waals surface area contributed by atoms with E-state index in [0.29, 0.717) is 11.0 Å². The zero-order chi connectivity index (χ0) is 14.0. The lowest BCUT2D eigenvalue weighted by atomic mass is 10.2. The summed E-state index contributed by atoms with van der Waals surface area (Å²) in [5, 5.41) is 7.07. The van der Waals surface area contributed by atoms with E-state index in [1.807, 2.05) is 20.2 Å². The quantitative estimate of drug-likeness (QED) is 0.928. The molecule has 0 bridgehead atoms. The number of aryl methyl sites for hydroxylation is 2. The van der Waals surface area contributed by atoms with E-state index in [1.165, 1.54) is 12.1 Å². The summed E-state index contributed by atoms with van der Waals surface area (Å²) in [5.74, 6) is -1.23. The van der Waals surface area contributed by atoms with Gasteiger partial charge in [-0.3, -0.25) is 4.68 Å². The van der Waals surface area contributed by atoms with Crippen molar-refractivity contribution in [2.75, 3.05) is 5.32 Å². The topological polar surface area (TPSA) is 29.9 Å². The molecule has 0 saturated heterocycles. The van der Waals surface area contributed by atoms with E-state index >= 15 is 0 Å². The van der Waals surface area contributed by atoms with Crippen molar-refractivity contribution in [3.63, 3.8) is 0 Å².